The largest absolute Gasteiger partial charge is 0.507 e. The molecule has 1 aromatic carbocycles. The minimum absolute atomic E-state index is 0.0930. The van der Waals surface area contributed by atoms with E-state index >= 15 is 0 Å². The van der Waals surface area contributed by atoms with E-state index in [4.69, 9.17) is 4.74 Å². The number of aromatic hydroxyl groups is 1. The molecule has 112 valence electrons. The number of benzene rings is 1. The van der Waals surface area contributed by atoms with E-state index in [1.54, 1.807) is 38.6 Å². The fourth-order valence-electron chi connectivity index (χ4n) is 2.48. The SMILES string of the molecule is CNc1nnc(-c2ccc(OC)cc2O)c2c(C)nccc12. The second kappa shape index (κ2) is 5.48. The first-order valence-corrected chi connectivity index (χ1v) is 6.83. The minimum Gasteiger partial charge on any atom is -0.507 e. The van der Waals surface area contributed by atoms with Gasteiger partial charge >= 0.3 is 0 Å². The van der Waals surface area contributed by atoms with E-state index in [1.165, 1.54) is 0 Å². The van der Waals surface area contributed by atoms with Crippen LogP contribution in [-0.4, -0.2) is 34.4 Å². The summed E-state index contributed by atoms with van der Waals surface area (Å²) in [6.07, 6.45) is 1.73. The Hall–Kier alpha value is -2.89. The number of aryl methyl sites for hydroxylation is 1. The summed E-state index contributed by atoms with van der Waals surface area (Å²) in [6, 6.07) is 6.98. The van der Waals surface area contributed by atoms with Gasteiger partial charge in [-0.05, 0) is 25.1 Å². The third kappa shape index (κ3) is 2.18. The number of hydrogen-bond donors (Lipinski definition) is 2. The highest BCUT2D eigenvalue weighted by atomic mass is 16.5. The van der Waals surface area contributed by atoms with Crippen LogP contribution in [0.4, 0.5) is 5.82 Å². The molecule has 0 atom stereocenters. The second-order valence-electron chi connectivity index (χ2n) is 4.85. The zero-order chi connectivity index (χ0) is 15.7. The van der Waals surface area contributed by atoms with Gasteiger partial charge in [-0.2, -0.15) is 0 Å². The molecule has 0 radical (unpaired) electrons. The number of ether oxygens (including phenoxy) is 1. The van der Waals surface area contributed by atoms with Gasteiger partial charge in [0.05, 0.1) is 7.11 Å². The number of anilines is 1. The Morgan fingerprint density at radius 1 is 1.18 bits per heavy atom. The van der Waals surface area contributed by atoms with Gasteiger partial charge in [-0.3, -0.25) is 4.98 Å². The first-order valence-electron chi connectivity index (χ1n) is 6.83. The number of pyridine rings is 1. The predicted octanol–water partition coefficient (Wildman–Crippen LogP) is 2.76. The van der Waals surface area contributed by atoms with Crippen LogP contribution in [0.2, 0.25) is 0 Å². The zero-order valence-corrected chi connectivity index (χ0v) is 12.6. The number of nitrogens with zero attached hydrogens (tertiary/aromatic N) is 3. The Morgan fingerprint density at radius 3 is 2.68 bits per heavy atom. The summed E-state index contributed by atoms with van der Waals surface area (Å²) >= 11 is 0. The van der Waals surface area contributed by atoms with Gasteiger partial charge < -0.3 is 15.2 Å². The van der Waals surface area contributed by atoms with Crippen molar-refractivity contribution < 1.29 is 9.84 Å². The maximum Gasteiger partial charge on any atom is 0.156 e. The fourth-order valence-corrected chi connectivity index (χ4v) is 2.48. The summed E-state index contributed by atoms with van der Waals surface area (Å²) in [5, 5.41) is 23.5. The van der Waals surface area contributed by atoms with Crippen LogP contribution >= 0.6 is 0 Å². The number of phenols is 1. The molecule has 22 heavy (non-hydrogen) atoms. The van der Waals surface area contributed by atoms with E-state index in [9.17, 15) is 5.11 Å². The smallest absolute Gasteiger partial charge is 0.156 e. The van der Waals surface area contributed by atoms with Gasteiger partial charge in [-0.1, -0.05) is 0 Å². The number of nitrogens with one attached hydrogen (secondary N) is 1. The molecule has 3 rings (SSSR count). The topological polar surface area (TPSA) is 80.2 Å². The number of rotatable bonds is 3. The molecule has 2 heterocycles. The second-order valence-corrected chi connectivity index (χ2v) is 4.85. The maximum absolute atomic E-state index is 10.3. The lowest BCUT2D eigenvalue weighted by Gasteiger charge is -2.12. The van der Waals surface area contributed by atoms with Crippen LogP contribution in [0.15, 0.2) is 30.5 Å². The molecular weight excluding hydrogens is 280 g/mol. The first-order chi connectivity index (χ1) is 10.7. The molecule has 0 fully saturated rings. The molecular formula is C16H16N4O2. The van der Waals surface area contributed by atoms with Gasteiger partial charge in [0.1, 0.15) is 17.2 Å². The molecule has 3 aromatic rings. The van der Waals surface area contributed by atoms with Crippen molar-refractivity contribution in [2.24, 2.45) is 0 Å². The zero-order valence-electron chi connectivity index (χ0n) is 12.6. The Kier molecular flexibility index (Phi) is 3.50. The third-order valence-electron chi connectivity index (χ3n) is 3.58. The van der Waals surface area contributed by atoms with Gasteiger partial charge in [-0.25, -0.2) is 0 Å². The van der Waals surface area contributed by atoms with E-state index < -0.39 is 0 Å². The van der Waals surface area contributed by atoms with Crippen molar-refractivity contribution in [1.29, 1.82) is 0 Å². The Labute approximate surface area is 127 Å². The van der Waals surface area contributed by atoms with Crippen LogP contribution in [0.25, 0.3) is 22.0 Å². The molecule has 2 aromatic heterocycles. The van der Waals surface area contributed by atoms with Crippen molar-refractivity contribution in [3.05, 3.63) is 36.2 Å². The molecule has 0 saturated carbocycles. The van der Waals surface area contributed by atoms with Crippen LogP contribution in [0, 0.1) is 6.92 Å². The highest BCUT2D eigenvalue weighted by Crippen LogP contribution is 2.37. The molecule has 6 nitrogen and oxygen atoms in total. The van der Waals surface area contributed by atoms with Gasteiger partial charge in [0, 0.05) is 41.3 Å². The molecule has 0 amide bonds. The van der Waals surface area contributed by atoms with Crippen molar-refractivity contribution in [2.75, 3.05) is 19.5 Å². The van der Waals surface area contributed by atoms with Crippen LogP contribution in [0.1, 0.15) is 5.69 Å². The molecule has 0 unspecified atom stereocenters. The van der Waals surface area contributed by atoms with Crippen molar-refractivity contribution in [1.82, 2.24) is 15.2 Å². The van der Waals surface area contributed by atoms with Gasteiger partial charge in [0.25, 0.3) is 0 Å². The van der Waals surface area contributed by atoms with Crippen LogP contribution in [0.5, 0.6) is 11.5 Å². The van der Waals surface area contributed by atoms with Crippen molar-refractivity contribution in [3.8, 4) is 22.8 Å². The van der Waals surface area contributed by atoms with E-state index in [0.29, 0.717) is 22.8 Å². The molecule has 0 spiro atoms. The van der Waals surface area contributed by atoms with Crippen molar-refractivity contribution in [2.45, 2.75) is 6.92 Å². The maximum atomic E-state index is 10.3. The highest BCUT2D eigenvalue weighted by molar-refractivity contribution is 6.02. The Balaban J connectivity index is 2.32. The molecule has 0 saturated heterocycles. The molecule has 6 heteroatoms. The van der Waals surface area contributed by atoms with Crippen LogP contribution < -0.4 is 10.1 Å². The standard InChI is InChI=1S/C16H16N4O2/c1-9-14-12(6-7-18-9)16(17-2)20-19-15(14)11-5-4-10(22-3)8-13(11)21/h4-8,21H,1-3H3,(H,17,20). The third-order valence-corrected chi connectivity index (χ3v) is 3.58. The van der Waals surface area contributed by atoms with Crippen molar-refractivity contribution in [3.63, 3.8) is 0 Å². The summed E-state index contributed by atoms with van der Waals surface area (Å²) in [7, 11) is 3.35. The van der Waals surface area contributed by atoms with Gasteiger partial charge in [0.2, 0.25) is 0 Å². The van der Waals surface area contributed by atoms with E-state index in [2.05, 4.69) is 20.5 Å². The fraction of sp³-hybridized carbons (Fsp3) is 0.188. The van der Waals surface area contributed by atoms with E-state index in [0.717, 1.165) is 16.5 Å². The number of phenolic OH excluding ortho intramolecular Hbond substituents is 1. The Bertz CT molecular complexity index is 849. The molecule has 0 aliphatic carbocycles. The number of methoxy groups -OCH3 is 1. The quantitative estimate of drug-likeness (QED) is 0.773. The van der Waals surface area contributed by atoms with Gasteiger partial charge in [-0.15, -0.1) is 10.2 Å². The lowest BCUT2D eigenvalue weighted by atomic mass is 10.0. The average Bonchev–Trinajstić information content (AvgIpc) is 2.54. The first kappa shape index (κ1) is 14.1. The number of fused-ring (bicyclic) bond motifs is 1. The number of aromatic nitrogens is 3. The monoisotopic (exact) mass is 296 g/mol. The summed E-state index contributed by atoms with van der Waals surface area (Å²) in [5.41, 5.74) is 2.02. The predicted molar refractivity (Wildman–Crippen MR) is 85.3 cm³/mol. The van der Waals surface area contributed by atoms with Gasteiger partial charge in [0.15, 0.2) is 5.82 Å². The van der Waals surface area contributed by atoms with Crippen molar-refractivity contribution >= 4 is 16.6 Å². The number of hydrogen-bond acceptors (Lipinski definition) is 6. The lowest BCUT2D eigenvalue weighted by Crippen LogP contribution is -2.00. The highest BCUT2D eigenvalue weighted by Gasteiger charge is 2.16. The van der Waals surface area contributed by atoms with Crippen LogP contribution in [0.3, 0.4) is 0 Å². The Morgan fingerprint density at radius 2 is 2.00 bits per heavy atom. The molecule has 0 aliphatic heterocycles. The van der Waals surface area contributed by atoms with E-state index in [1.807, 2.05) is 13.0 Å². The van der Waals surface area contributed by atoms with Crippen LogP contribution in [-0.2, 0) is 0 Å². The summed E-state index contributed by atoms with van der Waals surface area (Å²) in [5.74, 6) is 1.35. The molecule has 0 aliphatic rings. The lowest BCUT2D eigenvalue weighted by molar-refractivity contribution is 0.408. The molecule has 0 bridgehead atoms. The average molecular weight is 296 g/mol. The minimum atomic E-state index is 0.0930. The molecule has 2 N–H and O–H groups in total. The van der Waals surface area contributed by atoms with E-state index in [-0.39, 0.29) is 5.75 Å². The normalized spacial score (nSPS) is 10.7. The summed E-state index contributed by atoms with van der Waals surface area (Å²) in [6.45, 7) is 1.91. The summed E-state index contributed by atoms with van der Waals surface area (Å²) in [4.78, 5) is 4.33. The summed E-state index contributed by atoms with van der Waals surface area (Å²) < 4.78 is 5.12.